The van der Waals surface area contributed by atoms with Crippen LogP contribution < -0.4 is 5.73 Å². The summed E-state index contributed by atoms with van der Waals surface area (Å²) >= 11 is 0. The number of hydrogen-bond acceptors (Lipinski definition) is 2. The summed E-state index contributed by atoms with van der Waals surface area (Å²) in [6, 6.07) is 1.45. The van der Waals surface area contributed by atoms with Crippen molar-refractivity contribution in [2.75, 3.05) is 13.1 Å². The lowest BCUT2D eigenvalue weighted by Crippen LogP contribution is -2.42. The molecule has 1 fully saturated rings. The molecule has 72 valence electrons. The van der Waals surface area contributed by atoms with Gasteiger partial charge in [-0.1, -0.05) is 13.8 Å². The molecule has 0 aliphatic carbocycles. The van der Waals surface area contributed by atoms with Crippen molar-refractivity contribution in [1.82, 2.24) is 4.90 Å². The van der Waals surface area contributed by atoms with Gasteiger partial charge in [0.15, 0.2) is 0 Å². The second kappa shape index (κ2) is 4.83. The quantitative estimate of drug-likeness (QED) is 0.694. The Morgan fingerprint density at radius 1 is 1.50 bits per heavy atom. The Bertz CT molecular complexity index is 121. The highest BCUT2D eigenvalue weighted by Gasteiger charge is 2.27. The number of likely N-dealkylation sites (tertiary alicyclic amines) is 1. The van der Waals surface area contributed by atoms with E-state index in [4.69, 9.17) is 5.73 Å². The Morgan fingerprint density at radius 2 is 2.25 bits per heavy atom. The highest BCUT2D eigenvalue weighted by molar-refractivity contribution is 4.83. The van der Waals surface area contributed by atoms with Crippen LogP contribution in [0.1, 0.15) is 39.5 Å². The molecule has 0 amide bonds. The van der Waals surface area contributed by atoms with Gasteiger partial charge in [-0.15, -0.1) is 0 Å². The molecule has 2 nitrogen and oxygen atoms in total. The van der Waals surface area contributed by atoms with Crippen LogP contribution in [-0.2, 0) is 0 Å². The van der Waals surface area contributed by atoms with Crippen LogP contribution in [0.4, 0.5) is 0 Å². The average Bonchev–Trinajstić information content (AvgIpc) is 2.55. The van der Waals surface area contributed by atoms with E-state index in [1.54, 1.807) is 0 Å². The standard InChI is InChI=1S/C10H22N2/c1-3-9-6-5-7-12(9)10(4-2)8-11/h9-10H,3-8,11H2,1-2H3. The van der Waals surface area contributed by atoms with Crippen LogP contribution in [0.15, 0.2) is 0 Å². The Balaban J connectivity index is 2.47. The summed E-state index contributed by atoms with van der Waals surface area (Å²) in [6.45, 7) is 6.62. The molecule has 1 aliphatic heterocycles. The maximum Gasteiger partial charge on any atom is 0.0218 e. The summed E-state index contributed by atoms with van der Waals surface area (Å²) in [4.78, 5) is 2.61. The minimum absolute atomic E-state index is 0.637. The zero-order valence-electron chi connectivity index (χ0n) is 8.42. The smallest absolute Gasteiger partial charge is 0.0218 e. The van der Waals surface area contributed by atoms with Crippen LogP contribution in [0.5, 0.6) is 0 Å². The number of nitrogens with zero attached hydrogens (tertiary/aromatic N) is 1. The fourth-order valence-corrected chi connectivity index (χ4v) is 2.31. The van der Waals surface area contributed by atoms with Crippen LogP contribution in [0.25, 0.3) is 0 Å². The van der Waals surface area contributed by atoms with Crippen molar-refractivity contribution in [2.45, 2.75) is 51.6 Å². The molecule has 1 saturated heterocycles. The van der Waals surface area contributed by atoms with E-state index >= 15 is 0 Å². The monoisotopic (exact) mass is 170 g/mol. The van der Waals surface area contributed by atoms with Crippen molar-refractivity contribution in [2.24, 2.45) is 5.73 Å². The van der Waals surface area contributed by atoms with Crippen LogP contribution in [0.2, 0.25) is 0 Å². The Hall–Kier alpha value is -0.0800. The van der Waals surface area contributed by atoms with Crippen LogP contribution in [-0.4, -0.2) is 30.1 Å². The summed E-state index contributed by atoms with van der Waals surface area (Å²) in [5.41, 5.74) is 5.74. The Morgan fingerprint density at radius 3 is 2.75 bits per heavy atom. The SMILES string of the molecule is CCC(CN)N1CCCC1CC. The molecule has 0 aromatic heterocycles. The van der Waals surface area contributed by atoms with Crippen LogP contribution in [0, 0.1) is 0 Å². The van der Waals surface area contributed by atoms with Gasteiger partial charge in [0.1, 0.15) is 0 Å². The van der Waals surface area contributed by atoms with E-state index < -0.39 is 0 Å². The first-order valence-electron chi connectivity index (χ1n) is 5.29. The van der Waals surface area contributed by atoms with Crippen molar-refractivity contribution in [1.29, 1.82) is 0 Å². The van der Waals surface area contributed by atoms with Gasteiger partial charge in [0.25, 0.3) is 0 Å². The molecule has 0 bridgehead atoms. The molecule has 12 heavy (non-hydrogen) atoms. The highest BCUT2D eigenvalue weighted by Crippen LogP contribution is 2.22. The molecule has 0 radical (unpaired) electrons. The molecule has 0 aromatic carbocycles. The third kappa shape index (κ3) is 1.99. The van der Waals surface area contributed by atoms with Gasteiger partial charge in [0, 0.05) is 18.6 Å². The minimum atomic E-state index is 0.637. The number of nitrogens with two attached hydrogens (primary N) is 1. The van der Waals surface area contributed by atoms with E-state index in [2.05, 4.69) is 18.7 Å². The Labute approximate surface area is 76.1 Å². The summed E-state index contributed by atoms with van der Waals surface area (Å²) in [5.74, 6) is 0. The second-order valence-corrected chi connectivity index (χ2v) is 3.74. The first-order chi connectivity index (χ1) is 5.83. The summed E-state index contributed by atoms with van der Waals surface area (Å²) in [6.07, 6.45) is 5.24. The predicted octanol–water partition coefficient (Wildman–Crippen LogP) is 1.60. The summed E-state index contributed by atoms with van der Waals surface area (Å²) in [7, 11) is 0. The average molecular weight is 170 g/mol. The lowest BCUT2D eigenvalue weighted by molar-refractivity contribution is 0.175. The molecule has 1 rings (SSSR count). The van der Waals surface area contributed by atoms with Gasteiger partial charge in [-0.05, 0) is 32.2 Å². The van der Waals surface area contributed by atoms with Crippen molar-refractivity contribution in [3.05, 3.63) is 0 Å². The fraction of sp³-hybridized carbons (Fsp3) is 1.00. The van der Waals surface area contributed by atoms with E-state index in [9.17, 15) is 0 Å². The van der Waals surface area contributed by atoms with Gasteiger partial charge in [-0.3, -0.25) is 4.90 Å². The van der Waals surface area contributed by atoms with Gasteiger partial charge < -0.3 is 5.73 Å². The maximum atomic E-state index is 5.74. The van der Waals surface area contributed by atoms with Gasteiger partial charge >= 0.3 is 0 Å². The molecule has 2 unspecified atom stereocenters. The van der Waals surface area contributed by atoms with Crippen LogP contribution >= 0.6 is 0 Å². The van der Waals surface area contributed by atoms with E-state index in [0.29, 0.717) is 6.04 Å². The van der Waals surface area contributed by atoms with Gasteiger partial charge in [-0.2, -0.15) is 0 Å². The van der Waals surface area contributed by atoms with Gasteiger partial charge in [-0.25, -0.2) is 0 Å². The van der Waals surface area contributed by atoms with E-state index in [0.717, 1.165) is 12.6 Å². The largest absolute Gasteiger partial charge is 0.329 e. The van der Waals surface area contributed by atoms with Crippen molar-refractivity contribution in [3.8, 4) is 0 Å². The fourth-order valence-electron chi connectivity index (χ4n) is 2.31. The molecule has 2 heteroatoms. The third-order valence-corrected chi connectivity index (χ3v) is 3.11. The Kier molecular flexibility index (Phi) is 4.02. The van der Waals surface area contributed by atoms with Gasteiger partial charge in [0.2, 0.25) is 0 Å². The predicted molar refractivity (Wildman–Crippen MR) is 53.2 cm³/mol. The highest BCUT2D eigenvalue weighted by atomic mass is 15.2. The second-order valence-electron chi connectivity index (χ2n) is 3.74. The molecule has 0 spiro atoms. The zero-order valence-corrected chi connectivity index (χ0v) is 8.42. The van der Waals surface area contributed by atoms with Crippen molar-refractivity contribution >= 4 is 0 Å². The lowest BCUT2D eigenvalue weighted by Gasteiger charge is -2.31. The maximum absolute atomic E-state index is 5.74. The van der Waals surface area contributed by atoms with E-state index in [1.807, 2.05) is 0 Å². The molecule has 1 heterocycles. The number of rotatable bonds is 4. The first-order valence-corrected chi connectivity index (χ1v) is 5.29. The molecule has 0 aromatic rings. The topological polar surface area (TPSA) is 29.3 Å². The molecule has 1 aliphatic rings. The number of hydrogen-bond donors (Lipinski definition) is 1. The molecular formula is C10H22N2. The van der Waals surface area contributed by atoms with Crippen molar-refractivity contribution in [3.63, 3.8) is 0 Å². The van der Waals surface area contributed by atoms with Gasteiger partial charge in [0.05, 0.1) is 0 Å². The van der Waals surface area contributed by atoms with Crippen molar-refractivity contribution < 1.29 is 0 Å². The lowest BCUT2D eigenvalue weighted by atomic mass is 10.1. The summed E-state index contributed by atoms with van der Waals surface area (Å²) in [5, 5.41) is 0. The third-order valence-electron chi connectivity index (χ3n) is 3.11. The molecule has 0 saturated carbocycles. The minimum Gasteiger partial charge on any atom is -0.329 e. The molecule has 2 atom stereocenters. The molecular weight excluding hydrogens is 148 g/mol. The van der Waals surface area contributed by atoms with Crippen LogP contribution in [0.3, 0.4) is 0 Å². The normalized spacial score (nSPS) is 27.8. The summed E-state index contributed by atoms with van der Waals surface area (Å²) < 4.78 is 0. The molecule has 2 N–H and O–H groups in total. The van der Waals surface area contributed by atoms with E-state index in [1.165, 1.54) is 32.2 Å². The van der Waals surface area contributed by atoms with E-state index in [-0.39, 0.29) is 0 Å². The zero-order chi connectivity index (χ0) is 8.97. The first kappa shape index (κ1) is 10.0.